The lowest BCUT2D eigenvalue weighted by Gasteiger charge is -2.37. The summed E-state index contributed by atoms with van der Waals surface area (Å²) in [6.07, 6.45) is 7.16. The quantitative estimate of drug-likeness (QED) is 0.903. The lowest BCUT2D eigenvalue weighted by atomic mass is 9.89. The highest BCUT2D eigenvalue weighted by Crippen LogP contribution is 2.28. The molecular formula is C15H23N3O. The van der Waals surface area contributed by atoms with Crippen molar-refractivity contribution in [2.24, 2.45) is 5.92 Å². The second-order valence-corrected chi connectivity index (χ2v) is 5.61. The third-order valence-corrected chi connectivity index (χ3v) is 4.42. The smallest absolute Gasteiger partial charge is 0.214 e. The van der Waals surface area contributed by atoms with Gasteiger partial charge in [-0.3, -0.25) is 0 Å². The Balaban J connectivity index is 1.69. The number of pyridine rings is 1. The van der Waals surface area contributed by atoms with Gasteiger partial charge >= 0.3 is 0 Å². The zero-order chi connectivity index (χ0) is 13.1. The van der Waals surface area contributed by atoms with Crippen LogP contribution < -0.4 is 15.0 Å². The molecule has 104 valence electrons. The van der Waals surface area contributed by atoms with E-state index in [0.29, 0.717) is 5.88 Å². The van der Waals surface area contributed by atoms with Crippen molar-refractivity contribution >= 4 is 5.69 Å². The molecule has 1 aromatic heterocycles. The van der Waals surface area contributed by atoms with Crippen molar-refractivity contribution in [3.63, 3.8) is 0 Å². The average Bonchev–Trinajstić information content (AvgIpc) is 3.02. The van der Waals surface area contributed by atoms with E-state index in [9.17, 15) is 0 Å². The lowest BCUT2D eigenvalue weighted by molar-refractivity contribution is 0.328. The molecular weight excluding hydrogens is 238 g/mol. The molecule has 3 rings (SSSR count). The SMILES string of the molecule is COc1cc(N2CCCC(C3CCCN3)C2)ccn1. The maximum atomic E-state index is 5.22. The van der Waals surface area contributed by atoms with Crippen LogP contribution in [-0.2, 0) is 0 Å². The molecule has 2 fully saturated rings. The van der Waals surface area contributed by atoms with E-state index in [-0.39, 0.29) is 0 Å². The Morgan fingerprint density at radius 3 is 3.11 bits per heavy atom. The van der Waals surface area contributed by atoms with Crippen molar-refractivity contribution < 1.29 is 4.74 Å². The largest absolute Gasteiger partial charge is 0.481 e. The maximum absolute atomic E-state index is 5.22. The van der Waals surface area contributed by atoms with Crippen molar-refractivity contribution in [3.05, 3.63) is 18.3 Å². The molecule has 0 amide bonds. The second-order valence-electron chi connectivity index (χ2n) is 5.61. The van der Waals surface area contributed by atoms with Crippen LogP contribution in [0.25, 0.3) is 0 Å². The number of rotatable bonds is 3. The molecule has 2 atom stereocenters. The Morgan fingerprint density at radius 1 is 1.37 bits per heavy atom. The number of hydrogen-bond donors (Lipinski definition) is 1. The van der Waals surface area contributed by atoms with E-state index in [4.69, 9.17) is 4.74 Å². The number of piperidine rings is 1. The van der Waals surface area contributed by atoms with E-state index < -0.39 is 0 Å². The Labute approximate surface area is 115 Å². The summed E-state index contributed by atoms with van der Waals surface area (Å²) in [5, 5.41) is 3.66. The fraction of sp³-hybridized carbons (Fsp3) is 0.667. The van der Waals surface area contributed by atoms with Crippen LogP contribution in [0.2, 0.25) is 0 Å². The van der Waals surface area contributed by atoms with Crippen LogP contribution in [-0.4, -0.2) is 37.8 Å². The summed E-state index contributed by atoms with van der Waals surface area (Å²) in [7, 11) is 1.67. The molecule has 2 saturated heterocycles. The summed E-state index contributed by atoms with van der Waals surface area (Å²) in [6.45, 7) is 3.51. The molecule has 0 bridgehead atoms. The average molecular weight is 261 g/mol. The zero-order valence-corrected chi connectivity index (χ0v) is 11.6. The zero-order valence-electron chi connectivity index (χ0n) is 11.6. The van der Waals surface area contributed by atoms with Gasteiger partial charge in [0.05, 0.1) is 7.11 Å². The molecule has 3 heterocycles. The van der Waals surface area contributed by atoms with Crippen molar-refractivity contribution in [1.29, 1.82) is 0 Å². The fourth-order valence-electron chi connectivity index (χ4n) is 3.39. The first-order chi connectivity index (χ1) is 9.36. The van der Waals surface area contributed by atoms with Gasteiger partial charge in [-0.1, -0.05) is 0 Å². The van der Waals surface area contributed by atoms with Crippen LogP contribution >= 0.6 is 0 Å². The monoisotopic (exact) mass is 261 g/mol. The van der Waals surface area contributed by atoms with E-state index in [1.54, 1.807) is 7.11 Å². The van der Waals surface area contributed by atoms with Crippen LogP contribution in [0.5, 0.6) is 5.88 Å². The van der Waals surface area contributed by atoms with Crippen LogP contribution in [0.15, 0.2) is 18.3 Å². The number of hydrogen-bond acceptors (Lipinski definition) is 4. The second kappa shape index (κ2) is 5.78. The number of nitrogens with one attached hydrogen (secondary N) is 1. The van der Waals surface area contributed by atoms with Gasteiger partial charge in [0, 0.05) is 37.1 Å². The molecule has 0 aromatic carbocycles. The van der Waals surface area contributed by atoms with Crippen LogP contribution in [0.1, 0.15) is 25.7 Å². The molecule has 2 aliphatic rings. The molecule has 0 aliphatic carbocycles. The molecule has 2 unspecified atom stereocenters. The van der Waals surface area contributed by atoms with Gasteiger partial charge < -0.3 is 15.0 Å². The predicted octanol–water partition coefficient (Wildman–Crippen LogP) is 2.06. The minimum Gasteiger partial charge on any atom is -0.481 e. The van der Waals surface area contributed by atoms with Gasteiger partial charge in [0.15, 0.2) is 0 Å². The molecule has 19 heavy (non-hydrogen) atoms. The highest BCUT2D eigenvalue weighted by molar-refractivity contribution is 5.48. The first-order valence-electron chi connectivity index (χ1n) is 7.35. The number of aromatic nitrogens is 1. The summed E-state index contributed by atoms with van der Waals surface area (Å²) < 4.78 is 5.22. The first kappa shape index (κ1) is 12.7. The van der Waals surface area contributed by atoms with E-state index >= 15 is 0 Å². The Bertz CT molecular complexity index is 418. The molecule has 1 aromatic rings. The van der Waals surface area contributed by atoms with E-state index in [1.165, 1.54) is 37.9 Å². The normalized spacial score (nSPS) is 27.5. The van der Waals surface area contributed by atoms with Gasteiger partial charge in [-0.15, -0.1) is 0 Å². The fourth-order valence-corrected chi connectivity index (χ4v) is 3.39. The topological polar surface area (TPSA) is 37.4 Å². The summed E-state index contributed by atoms with van der Waals surface area (Å²) in [5.74, 6) is 1.49. The number of ether oxygens (including phenoxy) is 1. The van der Waals surface area contributed by atoms with Gasteiger partial charge in [0.1, 0.15) is 0 Å². The van der Waals surface area contributed by atoms with Gasteiger partial charge in [0.2, 0.25) is 5.88 Å². The highest BCUT2D eigenvalue weighted by atomic mass is 16.5. The van der Waals surface area contributed by atoms with Crippen molar-refractivity contribution in [2.45, 2.75) is 31.7 Å². The van der Waals surface area contributed by atoms with Gasteiger partial charge in [-0.05, 0) is 44.2 Å². The number of methoxy groups -OCH3 is 1. The summed E-state index contributed by atoms with van der Waals surface area (Å²) in [6, 6.07) is 4.86. The summed E-state index contributed by atoms with van der Waals surface area (Å²) in [4.78, 5) is 6.67. The van der Waals surface area contributed by atoms with Crippen molar-refractivity contribution in [2.75, 3.05) is 31.6 Å². The van der Waals surface area contributed by atoms with Gasteiger partial charge in [0.25, 0.3) is 0 Å². The van der Waals surface area contributed by atoms with Crippen molar-refractivity contribution in [3.8, 4) is 5.88 Å². The summed E-state index contributed by atoms with van der Waals surface area (Å²) in [5.41, 5.74) is 1.24. The van der Waals surface area contributed by atoms with E-state index in [1.807, 2.05) is 12.3 Å². The minimum absolute atomic E-state index is 0.707. The third-order valence-electron chi connectivity index (χ3n) is 4.42. The van der Waals surface area contributed by atoms with Crippen molar-refractivity contribution in [1.82, 2.24) is 10.3 Å². The van der Waals surface area contributed by atoms with Gasteiger partial charge in [-0.25, -0.2) is 4.98 Å². The third kappa shape index (κ3) is 2.84. The maximum Gasteiger partial charge on any atom is 0.214 e. The first-order valence-corrected chi connectivity index (χ1v) is 7.35. The number of anilines is 1. The lowest BCUT2D eigenvalue weighted by Crippen LogP contribution is -2.43. The molecule has 0 radical (unpaired) electrons. The van der Waals surface area contributed by atoms with Gasteiger partial charge in [-0.2, -0.15) is 0 Å². The van der Waals surface area contributed by atoms with Crippen LogP contribution in [0.4, 0.5) is 5.69 Å². The molecule has 4 nitrogen and oxygen atoms in total. The number of nitrogens with zero attached hydrogens (tertiary/aromatic N) is 2. The Morgan fingerprint density at radius 2 is 2.32 bits per heavy atom. The van der Waals surface area contributed by atoms with E-state index in [2.05, 4.69) is 21.3 Å². The predicted molar refractivity (Wildman–Crippen MR) is 76.8 cm³/mol. The highest BCUT2D eigenvalue weighted by Gasteiger charge is 2.29. The summed E-state index contributed by atoms with van der Waals surface area (Å²) >= 11 is 0. The van der Waals surface area contributed by atoms with Crippen LogP contribution in [0, 0.1) is 5.92 Å². The Hall–Kier alpha value is -1.29. The van der Waals surface area contributed by atoms with E-state index in [0.717, 1.165) is 25.0 Å². The molecule has 0 spiro atoms. The molecule has 4 heteroatoms. The minimum atomic E-state index is 0.707. The molecule has 2 aliphatic heterocycles. The molecule has 1 N–H and O–H groups in total. The standard InChI is InChI=1S/C15H23N3O/c1-19-15-10-13(6-8-17-15)18-9-3-4-12(11-18)14-5-2-7-16-14/h6,8,10,12,14,16H,2-5,7,9,11H2,1H3. The Kier molecular flexibility index (Phi) is 3.87. The van der Waals surface area contributed by atoms with Crippen LogP contribution in [0.3, 0.4) is 0 Å². The molecule has 0 saturated carbocycles.